The number of benzene rings is 2. The Balaban J connectivity index is 1.54. The minimum atomic E-state index is -0.576. The lowest BCUT2D eigenvalue weighted by atomic mass is 10.1. The van der Waals surface area contributed by atoms with Crippen molar-refractivity contribution in [1.29, 1.82) is 0 Å². The number of anilines is 1. The van der Waals surface area contributed by atoms with Gasteiger partial charge < -0.3 is 15.4 Å². The summed E-state index contributed by atoms with van der Waals surface area (Å²) in [7, 11) is 0. The zero-order chi connectivity index (χ0) is 18.0. The Labute approximate surface area is 147 Å². The summed E-state index contributed by atoms with van der Waals surface area (Å²) in [5.74, 6) is 0.209. The van der Waals surface area contributed by atoms with Crippen molar-refractivity contribution in [2.24, 2.45) is 0 Å². The monoisotopic (exact) mass is 338 g/mol. The molecule has 2 aromatic rings. The predicted molar refractivity (Wildman–Crippen MR) is 96.9 cm³/mol. The van der Waals surface area contributed by atoms with Gasteiger partial charge >= 0.3 is 0 Å². The average Bonchev–Trinajstić information content (AvgIpc) is 3.00. The fourth-order valence-corrected chi connectivity index (χ4v) is 3.17. The van der Waals surface area contributed by atoms with Crippen LogP contribution in [0, 0.1) is 20.8 Å². The minimum Gasteiger partial charge on any atom is -0.480 e. The van der Waals surface area contributed by atoms with E-state index in [1.807, 2.05) is 57.2 Å². The number of rotatable bonds is 4. The van der Waals surface area contributed by atoms with Gasteiger partial charge in [0.1, 0.15) is 5.75 Å². The first-order valence-corrected chi connectivity index (χ1v) is 8.34. The number of ether oxygens (including phenoxy) is 1. The van der Waals surface area contributed by atoms with Crippen LogP contribution >= 0.6 is 0 Å². The molecule has 0 spiro atoms. The molecule has 2 amide bonds. The summed E-state index contributed by atoms with van der Waals surface area (Å²) >= 11 is 0. The van der Waals surface area contributed by atoms with E-state index in [0.29, 0.717) is 6.42 Å². The van der Waals surface area contributed by atoms with Crippen LogP contribution in [0.1, 0.15) is 22.3 Å². The third kappa shape index (κ3) is 3.82. The van der Waals surface area contributed by atoms with E-state index in [-0.39, 0.29) is 18.4 Å². The number of fused-ring (bicyclic) bond motifs is 1. The third-order valence-corrected chi connectivity index (χ3v) is 4.30. The number of hydrogen-bond donors (Lipinski definition) is 2. The molecule has 0 saturated carbocycles. The maximum atomic E-state index is 12.2. The summed E-state index contributed by atoms with van der Waals surface area (Å²) in [4.78, 5) is 24.4. The molecule has 2 aromatic carbocycles. The van der Waals surface area contributed by atoms with Crippen LogP contribution in [0.2, 0.25) is 0 Å². The van der Waals surface area contributed by atoms with Crippen molar-refractivity contribution in [3.8, 4) is 5.75 Å². The molecule has 0 bridgehead atoms. The quantitative estimate of drug-likeness (QED) is 0.901. The van der Waals surface area contributed by atoms with Crippen molar-refractivity contribution in [2.45, 2.75) is 33.3 Å². The number of amides is 2. The van der Waals surface area contributed by atoms with Gasteiger partial charge in [0.25, 0.3) is 5.91 Å². The van der Waals surface area contributed by atoms with E-state index in [1.54, 1.807) is 0 Å². The van der Waals surface area contributed by atoms with E-state index >= 15 is 0 Å². The summed E-state index contributed by atoms with van der Waals surface area (Å²) in [5.41, 5.74) is 4.98. The number of carbonyl (C=O) groups excluding carboxylic acids is 2. The Morgan fingerprint density at radius 3 is 2.48 bits per heavy atom. The van der Waals surface area contributed by atoms with Crippen LogP contribution in [0.5, 0.6) is 5.75 Å². The number of aryl methyl sites for hydroxylation is 3. The standard InChI is InChI=1S/C20H22N2O3/c1-12-8-13(2)19(14(3)9-12)22-18(23)11-21-20(24)17-10-15-6-4-5-7-16(15)25-17/h4-9,17H,10-11H2,1-3H3,(H,21,24)(H,22,23). The predicted octanol–water partition coefficient (Wildman–Crippen LogP) is 2.67. The Morgan fingerprint density at radius 1 is 1.12 bits per heavy atom. The average molecular weight is 338 g/mol. The van der Waals surface area contributed by atoms with Gasteiger partial charge in [0.2, 0.25) is 5.91 Å². The van der Waals surface area contributed by atoms with E-state index in [1.165, 1.54) is 0 Å². The van der Waals surface area contributed by atoms with Crippen molar-refractivity contribution in [2.75, 3.05) is 11.9 Å². The van der Waals surface area contributed by atoms with E-state index in [4.69, 9.17) is 4.74 Å². The van der Waals surface area contributed by atoms with Gasteiger partial charge in [0, 0.05) is 12.1 Å². The maximum absolute atomic E-state index is 12.2. The van der Waals surface area contributed by atoms with Crippen LogP contribution in [0.3, 0.4) is 0 Å². The molecule has 2 N–H and O–H groups in total. The normalized spacial score (nSPS) is 15.2. The Kier molecular flexibility index (Phi) is 4.74. The van der Waals surface area contributed by atoms with Gasteiger partial charge in [-0.1, -0.05) is 35.9 Å². The number of carbonyl (C=O) groups is 2. The second-order valence-corrected chi connectivity index (χ2v) is 6.46. The number of para-hydroxylation sites is 1. The smallest absolute Gasteiger partial charge is 0.261 e. The highest BCUT2D eigenvalue weighted by Crippen LogP contribution is 2.28. The van der Waals surface area contributed by atoms with Crippen LogP contribution in [0.15, 0.2) is 36.4 Å². The molecule has 0 radical (unpaired) electrons. The van der Waals surface area contributed by atoms with E-state index < -0.39 is 6.10 Å². The molecule has 0 fully saturated rings. The summed E-state index contributed by atoms with van der Waals surface area (Å²) < 4.78 is 5.63. The lowest BCUT2D eigenvalue weighted by Gasteiger charge is -2.14. The molecule has 0 aliphatic carbocycles. The van der Waals surface area contributed by atoms with E-state index in [2.05, 4.69) is 10.6 Å². The van der Waals surface area contributed by atoms with Crippen molar-refractivity contribution >= 4 is 17.5 Å². The molecule has 1 aliphatic heterocycles. The van der Waals surface area contributed by atoms with Gasteiger partial charge in [-0.15, -0.1) is 0 Å². The second kappa shape index (κ2) is 6.97. The molecule has 1 heterocycles. The highest BCUT2D eigenvalue weighted by molar-refractivity contribution is 5.96. The van der Waals surface area contributed by atoms with Crippen LogP contribution in [0.25, 0.3) is 0 Å². The van der Waals surface area contributed by atoms with Crippen LogP contribution in [-0.2, 0) is 16.0 Å². The second-order valence-electron chi connectivity index (χ2n) is 6.46. The zero-order valence-corrected chi connectivity index (χ0v) is 14.7. The van der Waals surface area contributed by atoms with Gasteiger partial charge in [-0.2, -0.15) is 0 Å². The Bertz CT molecular complexity index is 781. The number of nitrogens with one attached hydrogen (secondary N) is 2. The lowest BCUT2D eigenvalue weighted by Crippen LogP contribution is -2.41. The maximum Gasteiger partial charge on any atom is 0.261 e. The van der Waals surface area contributed by atoms with E-state index in [0.717, 1.165) is 33.7 Å². The first-order valence-electron chi connectivity index (χ1n) is 8.34. The van der Waals surface area contributed by atoms with Crippen molar-refractivity contribution < 1.29 is 14.3 Å². The zero-order valence-electron chi connectivity index (χ0n) is 14.7. The topological polar surface area (TPSA) is 67.4 Å². The van der Waals surface area contributed by atoms with Gasteiger partial charge in [-0.05, 0) is 43.5 Å². The first-order chi connectivity index (χ1) is 11.9. The first kappa shape index (κ1) is 17.0. The van der Waals surface area contributed by atoms with Crippen molar-refractivity contribution in [3.63, 3.8) is 0 Å². The highest BCUT2D eigenvalue weighted by atomic mass is 16.5. The summed E-state index contributed by atoms with van der Waals surface area (Å²) in [6.45, 7) is 5.85. The van der Waals surface area contributed by atoms with Crippen molar-refractivity contribution in [1.82, 2.24) is 5.32 Å². The van der Waals surface area contributed by atoms with Crippen LogP contribution in [0.4, 0.5) is 5.69 Å². The molecule has 1 unspecified atom stereocenters. The number of hydrogen-bond acceptors (Lipinski definition) is 3. The lowest BCUT2D eigenvalue weighted by molar-refractivity contribution is -0.129. The Morgan fingerprint density at radius 2 is 1.80 bits per heavy atom. The molecular weight excluding hydrogens is 316 g/mol. The Hall–Kier alpha value is -2.82. The summed E-state index contributed by atoms with van der Waals surface area (Å²) in [6.07, 6.45) is -0.0483. The minimum absolute atomic E-state index is 0.0816. The highest BCUT2D eigenvalue weighted by Gasteiger charge is 2.28. The molecule has 1 aliphatic rings. The largest absolute Gasteiger partial charge is 0.480 e. The molecule has 3 rings (SSSR count). The fraction of sp³-hybridized carbons (Fsp3) is 0.300. The fourth-order valence-electron chi connectivity index (χ4n) is 3.17. The molecule has 130 valence electrons. The van der Waals surface area contributed by atoms with Gasteiger partial charge in [-0.25, -0.2) is 0 Å². The van der Waals surface area contributed by atoms with Gasteiger partial charge in [-0.3, -0.25) is 9.59 Å². The molecule has 1 atom stereocenters. The van der Waals surface area contributed by atoms with Gasteiger partial charge in [0.15, 0.2) is 6.10 Å². The molecule has 0 aromatic heterocycles. The SMILES string of the molecule is Cc1cc(C)c(NC(=O)CNC(=O)C2Cc3ccccc3O2)c(C)c1. The van der Waals surface area contributed by atoms with Crippen LogP contribution in [-0.4, -0.2) is 24.5 Å². The molecule has 5 nitrogen and oxygen atoms in total. The third-order valence-electron chi connectivity index (χ3n) is 4.30. The van der Waals surface area contributed by atoms with Gasteiger partial charge in [0.05, 0.1) is 6.54 Å². The summed E-state index contributed by atoms with van der Waals surface area (Å²) in [6, 6.07) is 11.6. The molecule has 0 saturated heterocycles. The summed E-state index contributed by atoms with van der Waals surface area (Å²) in [5, 5.41) is 5.53. The van der Waals surface area contributed by atoms with Crippen molar-refractivity contribution in [3.05, 3.63) is 58.7 Å². The van der Waals surface area contributed by atoms with Crippen LogP contribution < -0.4 is 15.4 Å². The molecule has 5 heteroatoms. The molecular formula is C20H22N2O3. The van der Waals surface area contributed by atoms with E-state index in [9.17, 15) is 9.59 Å². The molecule has 25 heavy (non-hydrogen) atoms.